The topological polar surface area (TPSA) is 67.4 Å². The number of rotatable bonds is 5. The van der Waals surface area contributed by atoms with Crippen molar-refractivity contribution in [2.24, 2.45) is 0 Å². The van der Waals surface area contributed by atoms with Gasteiger partial charge in [0.25, 0.3) is 0 Å². The van der Waals surface area contributed by atoms with E-state index in [0.717, 1.165) is 5.56 Å². The second-order valence-corrected chi connectivity index (χ2v) is 5.83. The maximum absolute atomic E-state index is 12.1. The van der Waals surface area contributed by atoms with Gasteiger partial charge in [0.05, 0.1) is 17.8 Å². The van der Waals surface area contributed by atoms with Gasteiger partial charge in [-0.05, 0) is 23.8 Å². The van der Waals surface area contributed by atoms with Gasteiger partial charge in [-0.25, -0.2) is 9.59 Å². The van der Waals surface area contributed by atoms with Gasteiger partial charge in [0.1, 0.15) is 6.04 Å². The molecule has 0 aliphatic carbocycles. The molecule has 0 unspecified atom stereocenters. The summed E-state index contributed by atoms with van der Waals surface area (Å²) in [5.74, 6) is -0.531. The van der Waals surface area contributed by atoms with Crippen LogP contribution in [0.5, 0.6) is 0 Å². The summed E-state index contributed by atoms with van der Waals surface area (Å²) in [6.45, 7) is 0. The number of carbonyl (C=O) groups excluding carboxylic acids is 2. The van der Waals surface area contributed by atoms with Crippen molar-refractivity contribution in [3.8, 4) is 0 Å². The van der Waals surface area contributed by atoms with E-state index in [1.54, 1.807) is 12.1 Å². The number of nitrogens with one attached hydrogen (secondary N) is 2. The predicted octanol–water partition coefficient (Wildman–Crippen LogP) is 3.90. The molecule has 2 amide bonds. The number of esters is 1. The molecule has 0 saturated carbocycles. The van der Waals surface area contributed by atoms with E-state index in [9.17, 15) is 9.59 Å². The fourth-order valence-electron chi connectivity index (χ4n) is 2.09. The summed E-state index contributed by atoms with van der Waals surface area (Å²) in [6, 6.07) is 12.6. The average molecular weight is 367 g/mol. The Morgan fingerprint density at radius 2 is 1.83 bits per heavy atom. The van der Waals surface area contributed by atoms with Crippen LogP contribution in [-0.4, -0.2) is 25.2 Å². The summed E-state index contributed by atoms with van der Waals surface area (Å²) in [4.78, 5) is 24.1. The molecular weight excluding hydrogens is 351 g/mol. The Morgan fingerprint density at radius 1 is 1.12 bits per heavy atom. The Balaban J connectivity index is 2.05. The first-order chi connectivity index (χ1) is 11.5. The fourth-order valence-corrected chi connectivity index (χ4v) is 2.55. The summed E-state index contributed by atoms with van der Waals surface area (Å²) < 4.78 is 4.75. The van der Waals surface area contributed by atoms with Crippen molar-refractivity contribution in [3.63, 3.8) is 0 Å². The lowest BCUT2D eigenvalue weighted by Gasteiger charge is -2.17. The van der Waals surface area contributed by atoms with Crippen LogP contribution < -0.4 is 10.6 Å². The van der Waals surface area contributed by atoms with Crippen LogP contribution in [0.2, 0.25) is 10.0 Å². The number of hydrogen-bond acceptors (Lipinski definition) is 3. The largest absolute Gasteiger partial charge is 0.467 e. The molecule has 0 radical (unpaired) electrons. The molecule has 0 saturated heterocycles. The maximum Gasteiger partial charge on any atom is 0.328 e. The molecule has 2 aromatic carbocycles. The molecule has 1 atom stereocenters. The SMILES string of the molecule is COC(=O)[C@@H](Cc1ccccc1)NC(=O)Nc1ccc(Cl)cc1Cl. The van der Waals surface area contributed by atoms with Crippen LogP contribution in [0, 0.1) is 0 Å². The summed E-state index contributed by atoms with van der Waals surface area (Å²) in [5.41, 5.74) is 1.29. The minimum atomic E-state index is -0.816. The summed E-state index contributed by atoms with van der Waals surface area (Å²) >= 11 is 11.8. The molecule has 0 heterocycles. The van der Waals surface area contributed by atoms with Crippen LogP contribution in [0.1, 0.15) is 5.56 Å². The zero-order chi connectivity index (χ0) is 17.5. The first kappa shape index (κ1) is 18.1. The Morgan fingerprint density at radius 3 is 2.46 bits per heavy atom. The monoisotopic (exact) mass is 366 g/mol. The van der Waals surface area contributed by atoms with Crippen LogP contribution in [0.3, 0.4) is 0 Å². The molecule has 0 aliphatic heterocycles. The van der Waals surface area contributed by atoms with Gasteiger partial charge in [-0.2, -0.15) is 0 Å². The molecule has 24 heavy (non-hydrogen) atoms. The molecule has 2 rings (SSSR count). The highest BCUT2D eigenvalue weighted by Crippen LogP contribution is 2.25. The van der Waals surface area contributed by atoms with Gasteiger partial charge in [-0.1, -0.05) is 53.5 Å². The van der Waals surface area contributed by atoms with Crippen molar-refractivity contribution < 1.29 is 14.3 Å². The van der Waals surface area contributed by atoms with E-state index in [4.69, 9.17) is 27.9 Å². The summed E-state index contributed by atoms with van der Waals surface area (Å²) in [7, 11) is 1.27. The van der Waals surface area contributed by atoms with Crippen LogP contribution in [0.25, 0.3) is 0 Å². The highest BCUT2D eigenvalue weighted by atomic mass is 35.5. The Bertz CT molecular complexity index is 723. The number of ether oxygens (including phenoxy) is 1. The number of hydrogen-bond donors (Lipinski definition) is 2. The van der Waals surface area contributed by atoms with E-state index in [-0.39, 0.29) is 0 Å². The van der Waals surface area contributed by atoms with Crippen molar-refractivity contribution in [1.82, 2.24) is 5.32 Å². The van der Waals surface area contributed by atoms with Crippen molar-refractivity contribution >= 4 is 40.9 Å². The zero-order valence-electron chi connectivity index (χ0n) is 12.9. The number of carbonyl (C=O) groups is 2. The fraction of sp³-hybridized carbons (Fsp3) is 0.176. The first-order valence-corrected chi connectivity index (χ1v) is 7.89. The summed E-state index contributed by atoms with van der Waals surface area (Å²) in [6.07, 6.45) is 0.315. The highest BCUT2D eigenvalue weighted by Gasteiger charge is 2.22. The quantitative estimate of drug-likeness (QED) is 0.788. The van der Waals surface area contributed by atoms with Gasteiger partial charge in [0, 0.05) is 11.4 Å². The third-order valence-corrected chi connectivity index (χ3v) is 3.80. The second-order valence-electron chi connectivity index (χ2n) is 4.99. The van der Waals surface area contributed by atoms with E-state index in [2.05, 4.69) is 10.6 Å². The molecule has 7 heteroatoms. The molecule has 0 fully saturated rings. The molecule has 126 valence electrons. The molecule has 0 spiro atoms. The van der Waals surface area contributed by atoms with Gasteiger partial charge in [-0.3, -0.25) is 0 Å². The van der Waals surface area contributed by atoms with E-state index < -0.39 is 18.0 Å². The average Bonchev–Trinajstić information content (AvgIpc) is 2.57. The lowest BCUT2D eigenvalue weighted by atomic mass is 10.1. The summed E-state index contributed by atoms with van der Waals surface area (Å²) in [5, 5.41) is 5.94. The lowest BCUT2D eigenvalue weighted by molar-refractivity contribution is -0.142. The number of urea groups is 1. The van der Waals surface area contributed by atoms with Crippen LogP contribution >= 0.6 is 23.2 Å². The molecule has 0 bridgehead atoms. The highest BCUT2D eigenvalue weighted by molar-refractivity contribution is 6.36. The Hall–Kier alpha value is -2.24. The Kier molecular flexibility index (Phi) is 6.46. The molecule has 2 aromatic rings. The smallest absolute Gasteiger partial charge is 0.328 e. The molecule has 2 N–H and O–H groups in total. The Labute approximate surface area is 149 Å². The van der Waals surface area contributed by atoms with Gasteiger partial charge >= 0.3 is 12.0 Å². The van der Waals surface area contributed by atoms with Crippen molar-refractivity contribution in [2.45, 2.75) is 12.5 Å². The number of benzene rings is 2. The first-order valence-electron chi connectivity index (χ1n) is 7.14. The van der Waals surface area contributed by atoms with Crippen LogP contribution in [0.4, 0.5) is 10.5 Å². The van der Waals surface area contributed by atoms with Gasteiger partial charge in [-0.15, -0.1) is 0 Å². The van der Waals surface area contributed by atoms with Gasteiger partial charge in [0.2, 0.25) is 0 Å². The minimum Gasteiger partial charge on any atom is -0.467 e. The van der Waals surface area contributed by atoms with E-state index in [1.807, 2.05) is 30.3 Å². The van der Waals surface area contributed by atoms with Crippen LogP contribution in [-0.2, 0) is 16.0 Å². The van der Waals surface area contributed by atoms with Crippen molar-refractivity contribution in [2.75, 3.05) is 12.4 Å². The number of methoxy groups -OCH3 is 1. The van der Waals surface area contributed by atoms with Crippen molar-refractivity contribution in [3.05, 3.63) is 64.1 Å². The van der Waals surface area contributed by atoms with Crippen molar-refractivity contribution in [1.29, 1.82) is 0 Å². The molecular formula is C17H16Cl2N2O3. The standard InChI is InChI=1S/C17H16Cl2N2O3/c1-24-16(22)15(9-11-5-3-2-4-6-11)21-17(23)20-14-8-7-12(18)10-13(14)19/h2-8,10,15H,9H2,1H3,(H2,20,21,23)/t15-/m1/s1. The maximum atomic E-state index is 12.1. The number of amides is 2. The van der Waals surface area contributed by atoms with E-state index >= 15 is 0 Å². The molecule has 0 aromatic heterocycles. The van der Waals surface area contributed by atoms with E-state index in [0.29, 0.717) is 22.2 Å². The van der Waals surface area contributed by atoms with E-state index in [1.165, 1.54) is 13.2 Å². The molecule has 0 aliphatic rings. The minimum absolute atomic E-state index is 0.301. The van der Waals surface area contributed by atoms with Gasteiger partial charge in [0.15, 0.2) is 0 Å². The number of halogens is 2. The predicted molar refractivity (Wildman–Crippen MR) is 94.6 cm³/mol. The van der Waals surface area contributed by atoms with Crippen LogP contribution in [0.15, 0.2) is 48.5 Å². The molecule has 5 nitrogen and oxygen atoms in total. The normalized spacial score (nSPS) is 11.5. The van der Waals surface area contributed by atoms with Gasteiger partial charge < -0.3 is 15.4 Å². The zero-order valence-corrected chi connectivity index (χ0v) is 14.4. The number of anilines is 1. The lowest BCUT2D eigenvalue weighted by Crippen LogP contribution is -2.45. The third kappa shape index (κ3) is 5.15. The second kappa shape index (κ2) is 8.57. The third-order valence-electron chi connectivity index (χ3n) is 3.25.